The van der Waals surface area contributed by atoms with Gasteiger partial charge in [-0.15, -0.1) is 0 Å². The maximum atomic E-state index is 6.04. The van der Waals surface area contributed by atoms with E-state index in [1.807, 2.05) is 30.3 Å². The molecular formula is C15H17NO3. The van der Waals surface area contributed by atoms with Crippen LogP contribution in [0.15, 0.2) is 36.4 Å². The van der Waals surface area contributed by atoms with E-state index in [0.29, 0.717) is 17.2 Å². The number of benzene rings is 2. The van der Waals surface area contributed by atoms with Gasteiger partial charge in [0.2, 0.25) is 0 Å². The summed E-state index contributed by atoms with van der Waals surface area (Å²) < 4.78 is 15.7. The fourth-order valence-corrected chi connectivity index (χ4v) is 1.93. The quantitative estimate of drug-likeness (QED) is 0.858. The van der Waals surface area contributed by atoms with Gasteiger partial charge in [0.05, 0.1) is 21.3 Å². The Morgan fingerprint density at radius 2 is 1.53 bits per heavy atom. The molecule has 100 valence electrons. The number of rotatable bonds is 4. The normalized spacial score (nSPS) is 10.1. The number of nitrogen functional groups attached to an aromatic ring is 1. The maximum absolute atomic E-state index is 6.04. The summed E-state index contributed by atoms with van der Waals surface area (Å²) >= 11 is 0. The smallest absolute Gasteiger partial charge is 0.161 e. The number of hydrogen-bond donors (Lipinski definition) is 1. The molecule has 0 aliphatic heterocycles. The Labute approximate surface area is 112 Å². The summed E-state index contributed by atoms with van der Waals surface area (Å²) in [6.07, 6.45) is 0. The Kier molecular flexibility index (Phi) is 3.80. The van der Waals surface area contributed by atoms with Gasteiger partial charge in [-0.2, -0.15) is 0 Å². The maximum Gasteiger partial charge on any atom is 0.161 e. The average molecular weight is 259 g/mol. The first-order valence-corrected chi connectivity index (χ1v) is 5.85. The van der Waals surface area contributed by atoms with E-state index in [9.17, 15) is 0 Å². The lowest BCUT2D eigenvalue weighted by Gasteiger charge is -2.12. The van der Waals surface area contributed by atoms with E-state index in [1.165, 1.54) is 0 Å². The lowest BCUT2D eigenvalue weighted by atomic mass is 10.0. The van der Waals surface area contributed by atoms with E-state index >= 15 is 0 Å². The minimum Gasteiger partial charge on any atom is -0.497 e. The van der Waals surface area contributed by atoms with Crippen molar-refractivity contribution in [1.29, 1.82) is 0 Å². The highest BCUT2D eigenvalue weighted by atomic mass is 16.5. The molecule has 0 aliphatic rings. The van der Waals surface area contributed by atoms with Crippen LogP contribution >= 0.6 is 0 Å². The van der Waals surface area contributed by atoms with E-state index in [0.717, 1.165) is 16.9 Å². The van der Waals surface area contributed by atoms with Crippen LogP contribution in [-0.2, 0) is 0 Å². The van der Waals surface area contributed by atoms with Crippen LogP contribution < -0.4 is 19.9 Å². The van der Waals surface area contributed by atoms with Crippen molar-refractivity contribution in [3.8, 4) is 28.4 Å². The van der Waals surface area contributed by atoms with E-state index in [4.69, 9.17) is 19.9 Å². The molecular weight excluding hydrogens is 242 g/mol. The first kappa shape index (κ1) is 13.1. The Bertz CT molecular complexity index is 582. The second kappa shape index (κ2) is 5.52. The van der Waals surface area contributed by atoms with Crippen molar-refractivity contribution in [2.45, 2.75) is 0 Å². The van der Waals surface area contributed by atoms with Crippen LogP contribution in [0.5, 0.6) is 17.2 Å². The van der Waals surface area contributed by atoms with Gasteiger partial charge < -0.3 is 19.9 Å². The molecule has 0 amide bonds. The standard InChI is InChI=1S/C15H17NO3/c1-17-11-5-6-12(13(16)9-11)10-4-7-14(18-2)15(8-10)19-3/h4-9H,16H2,1-3H3. The van der Waals surface area contributed by atoms with Crippen LogP contribution in [0.4, 0.5) is 5.69 Å². The van der Waals surface area contributed by atoms with Crippen LogP contribution in [0.25, 0.3) is 11.1 Å². The van der Waals surface area contributed by atoms with Crippen LogP contribution in [0.2, 0.25) is 0 Å². The molecule has 0 fully saturated rings. The predicted octanol–water partition coefficient (Wildman–Crippen LogP) is 2.96. The molecule has 4 heteroatoms. The zero-order chi connectivity index (χ0) is 13.8. The van der Waals surface area contributed by atoms with Crippen LogP contribution in [-0.4, -0.2) is 21.3 Å². The van der Waals surface area contributed by atoms with Gasteiger partial charge in [-0.3, -0.25) is 0 Å². The molecule has 0 bridgehead atoms. The highest BCUT2D eigenvalue weighted by Gasteiger charge is 2.09. The molecule has 0 spiro atoms. The molecule has 0 aromatic heterocycles. The molecule has 2 aromatic carbocycles. The van der Waals surface area contributed by atoms with E-state index < -0.39 is 0 Å². The van der Waals surface area contributed by atoms with Gasteiger partial charge in [0.15, 0.2) is 11.5 Å². The first-order chi connectivity index (χ1) is 9.19. The molecule has 19 heavy (non-hydrogen) atoms. The number of nitrogens with two attached hydrogens (primary N) is 1. The second-order valence-corrected chi connectivity index (χ2v) is 4.02. The van der Waals surface area contributed by atoms with Crippen molar-refractivity contribution in [2.75, 3.05) is 27.1 Å². The first-order valence-electron chi connectivity index (χ1n) is 5.85. The summed E-state index contributed by atoms with van der Waals surface area (Å²) in [7, 11) is 4.84. The lowest BCUT2D eigenvalue weighted by molar-refractivity contribution is 0.355. The molecule has 0 aliphatic carbocycles. The van der Waals surface area contributed by atoms with E-state index in [1.54, 1.807) is 27.4 Å². The van der Waals surface area contributed by atoms with Gasteiger partial charge in [0, 0.05) is 17.3 Å². The molecule has 0 saturated carbocycles. The minimum absolute atomic E-state index is 0.659. The average Bonchev–Trinajstić information content (AvgIpc) is 2.46. The Hall–Kier alpha value is -2.36. The highest BCUT2D eigenvalue weighted by Crippen LogP contribution is 2.35. The highest BCUT2D eigenvalue weighted by molar-refractivity contribution is 5.78. The monoisotopic (exact) mass is 259 g/mol. The van der Waals surface area contributed by atoms with Crippen molar-refractivity contribution >= 4 is 5.69 Å². The molecule has 2 aromatic rings. The Morgan fingerprint density at radius 1 is 0.789 bits per heavy atom. The van der Waals surface area contributed by atoms with Crippen LogP contribution in [0.3, 0.4) is 0 Å². The molecule has 4 nitrogen and oxygen atoms in total. The van der Waals surface area contributed by atoms with Gasteiger partial charge in [-0.05, 0) is 29.8 Å². The van der Waals surface area contributed by atoms with E-state index in [2.05, 4.69) is 0 Å². The zero-order valence-electron chi connectivity index (χ0n) is 11.3. The molecule has 2 N–H and O–H groups in total. The largest absolute Gasteiger partial charge is 0.497 e. The summed E-state index contributed by atoms with van der Waals surface area (Å²) in [6.45, 7) is 0. The zero-order valence-corrected chi connectivity index (χ0v) is 11.3. The summed E-state index contributed by atoms with van der Waals surface area (Å²) in [5.41, 5.74) is 8.60. The van der Waals surface area contributed by atoms with Gasteiger partial charge >= 0.3 is 0 Å². The van der Waals surface area contributed by atoms with Crippen molar-refractivity contribution < 1.29 is 14.2 Å². The van der Waals surface area contributed by atoms with Crippen LogP contribution in [0, 0.1) is 0 Å². The molecule has 0 unspecified atom stereocenters. The second-order valence-electron chi connectivity index (χ2n) is 4.02. The molecule has 0 radical (unpaired) electrons. The molecule has 2 rings (SSSR count). The van der Waals surface area contributed by atoms with Gasteiger partial charge in [0.1, 0.15) is 5.75 Å². The number of methoxy groups -OCH3 is 3. The number of hydrogen-bond acceptors (Lipinski definition) is 4. The summed E-state index contributed by atoms with van der Waals surface area (Å²) in [5, 5.41) is 0. The molecule has 0 atom stereocenters. The van der Waals surface area contributed by atoms with Crippen molar-refractivity contribution in [3.63, 3.8) is 0 Å². The summed E-state index contributed by atoms with van der Waals surface area (Å²) in [5.74, 6) is 2.11. The Morgan fingerprint density at radius 3 is 2.11 bits per heavy atom. The van der Waals surface area contributed by atoms with E-state index in [-0.39, 0.29) is 0 Å². The van der Waals surface area contributed by atoms with Crippen molar-refractivity contribution in [3.05, 3.63) is 36.4 Å². The Balaban J connectivity index is 2.47. The van der Waals surface area contributed by atoms with Crippen molar-refractivity contribution in [2.24, 2.45) is 0 Å². The van der Waals surface area contributed by atoms with Crippen LogP contribution in [0.1, 0.15) is 0 Å². The topological polar surface area (TPSA) is 53.7 Å². The fraction of sp³-hybridized carbons (Fsp3) is 0.200. The van der Waals surface area contributed by atoms with Gasteiger partial charge in [-0.1, -0.05) is 6.07 Å². The third-order valence-corrected chi connectivity index (χ3v) is 2.95. The SMILES string of the molecule is COc1ccc(-c2ccc(OC)c(OC)c2)c(N)c1. The third kappa shape index (κ3) is 2.57. The third-order valence-electron chi connectivity index (χ3n) is 2.95. The number of anilines is 1. The molecule has 0 saturated heterocycles. The lowest BCUT2D eigenvalue weighted by Crippen LogP contribution is -1.94. The van der Waals surface area contributed by atoms with Crippen molar-refractivity contribution in [1.82, 2.24) is 0 Å². The number of ether oxygens (including phenoxy) is 3. The molecule has 0 heterocycles. The van der Waals surface area contributed by atoms with Gasteiger partial charge in [0.25, 0.3) is 0 Å². The fourth-order valence-electron chi connectivity index (χ4n) is 1.93. The minimum atomic E-state index is 0.659. The summed E-state index contributed by atoms with van der Waals surface area (Å²) in [6, 6.07) is 11.3. The summed E-state index contributed by atoms with van der Waals surface area (Å²) in [4.78, 5) is 0. The predicted molar refractivity (Wildman–Crippen MR) is 75.9 cm³/mol. The van der Waals surface area contributed by atoms with Gasteiger partial charge in [-0.25, -0.2) is 0 Å².